The van der Waals surface area contributed by atoms with Crippen molar-refractivity contribution in [1.29, 1.82) is 0 Å². The van der Waals surface area contributed by atoms with E-state index in [4.69, 9.17) is 4.42 Å². The highest BCUT2D eigenvalue weighted by molar-refractivity contribution is 6.00. The highest BCUT2D eigenvalue weighted by atomic mass is 16.3. The van der Waals surface area contributed by atoms with Crippen molar-refractivity contribution in [3.05, 3.63) is 31.1 Å². The summed E-state index contributed by atoms with van der Waals surface area (Å²) in [6, 6.07) is 1.60. The van der Waals surface area contributed by atoms with Crippen molar-refractivity contribution >= 4 is 5.78 Å². The van der Waals surface area contributed by atoms with E-state index in [0.717, 1.165) is 13.1 Å². The molecule has 0 amide bonds. The molecule has 81 valence electrons. The Bertz CT molecular complexity index is 321. The zero-order valence-electron chi connectivity index (χ0n) is 8.61. The van der Waals surface area contributed by atoms with Crippen molar-refractivity contribution in [2.24, 2.45) is 0 Å². The highest BCUT2D eigenvalue weighted by Crippen LogP contribution is 2.11. The molecule has 1 N–H and O–H groups in total. The second-order valence-electron chi connectivity index (χ2n) is 3.63. The number of nitrogens with one attached hydrogen (secondary N) is 1. The molecule has 15 heavy (non-hydrogen) atoms. The summed E-state index contributed by atoms with van der Waals surface area (Å²) in [5.41, 5.74) is 0.641. The Hall–Kier alpha value is -1.13. The van der Waals surface area contributed by atoms with Gasteiger partial charge in [-0.2, -0.15) is 0 Å². The molecule has 1 aromatic heterocycles. The third-order valence-electron chi connectivity index (χ3n) is 2.75. The Kier molecular flexibility index (Phi) is 3.18. The first-order valence-corrected chi connectivity index (χ1v) is 5.13. The molecule has 1 aromatic rings. The van der Waals surface area contributed by atoms with E-state index >= 15 is 0 Å². The normalized spacial score (nSPS) is 22.9. The van der Waals surface area contributed by atoms with Crippen LogP contribution in [0.3, 0.4) is 0 Å². The van der Waals surface area contributed by atoms with Gasteiger partial charge in [-0.15, -0.1) is 0 Å². The summed E-state index contributed by atoms with van der Waals surface area (Å²) in [5.74, 6) is 0.111. The van der Waals surface area contributed by atoms with Gasteiger partial charge in [-0.25, -0.2) is 0 Å². The van der Waals surface area contributed by atoms with E-state index in [2.05, 4.69) is 17.1 Å². The van der Waals surface area contributed by atoms with Crippen molar-refractivity contribution in [2.45, 2.75) is 6.04 Å². The van der Waals surface area contributed by atoms with Crippen LogP contribution in [0.15, 0.2) is 23.0 Å². The summed E-state index contributed by atoms with van der Waals surface area (Å²) in [5, 5.41) is 3.22. The molecule has 1 unspecified atom stereocenters. The molecule has 0 aliphatic carbocycles. The molecule has 1 aliphatic heterocycles. The van der Waals surface area contributed by atoms with Gasteiger partial charge in [0.05, 0.1) is 17.9 Å². The van der Waals surface area contributed by atoms with E-state index in [1.54, 1.807) is 6.07 Å². The first-order chi connectivity index (χ1) is 7.33. The molecule has 0 aromatic carbocycles. The summed E-state index contributed by atoms with van der Waals surface area (Å²) in [6.45, 7) is 7.00. The molecule has 1 atom stereocenters. The Morgan fingerprint density at radius 3 is 3.27 bits per heavy atom. The van der Waals surface area contributed by atoms with Crippen molar-refractivity contribution < 1.29 is 9.21 Å². The maximum absolute atomic E-state index is 12.1. The maximum Gasteiger partial charge on any atom is 0.184 e. The van der Waals surface area contributed by atoms with E-state index in [1.165, 1.54) is 12.5 Å². The number of hydrogen-bond acceptors (Lipinski definition) is 4. The molecular formula is C11H15N2O2. The topological polar surface area (TPSA) is 45.5 Å². The van der Waals surface area contributed by atoms with Gasteiger partial charge in [0.25, 0.3) is 0 Å². The van der Waals surface area contributed by atoms with Crippen molar-refractivity contribution in [2.75, 3.05) is 26.2 Å². The van der Waals surface area contributed by atoms with Crippen LogP contribution in [0, 0.1) is 6.92 Å². The number of hydrogen-bond donors (Lipinski definition) is 1. The second-order valence-corrected chi connectivity index (χ2v) is 3.63. The van der Waals surface area contributed by atoms with Crippen LogP contribution in [0.2, 0.25) is 0 Å². The molecule has 1 saturated heterocycles. The fourth-order valence-corrected chi connectivity index (χ4v) is 1.87. The summed E-state index contributed by atoms with van der Waals surface area (Å²) >= 11 is 0. The maximum atomic E-state index is 12.1. The van der Waals surface area contributed by atoms with Gasteiger partial charge in [-0.3, -0.25) is 9.69 Å². The molecule has 0 saturated carbocycles. The van der Waals surface area contributed by atoms with Crippen molar-refractivity contribution in [3.8, 4) is 0 Å². The summed E-state index contributed by atoms with van der Waals surface area (Å²) in [6.07, 6.45) is 3.02. The lowest BCUT2D eigenvalue weighted by Gasteiger charge is -2.33. The summed E-state index contributed by atoms with van der Waals surface area (Å²) < 4.78 is 4.92. The standard InChI is InChI=1S/C11H15N2O2/c1-2-13-5-4-12-7-10(13)11(14)9-3-6-15-8-9/h3,6,8,10,12H,1-2,4-5,7H2. The molecule has 2 rings (SSSR count). The van der Waals surface area contributed by atoms with Gasteiger partial charge >= 0.3 is 0 Å². The van der Waals surface area contributed by atoms with E-state index in [0.29, 0.717) is 18.7 Å². The first-order valence-electron chi connectivity index (χ1n) is 5.13. The van der Waals surface area contributed by atoms with Gasteiger partial charge < -0.3 is 9.73 Å². The monoisotopic (exact) mass is 207 g/mol. The van der Waals surface area contributed by atoms with Gasteiger partial charge in [0.1, 0.15) is 6.26 Å². The Morgan fingerprint density at radius 1 is 1.73 bits per heavy atom. The average molecular weight is 207 g/mol. The van der Waals surface area contributed by atoms with Gasteiger partial charge in [0, 0.05) is 19.6 Å². The predicted molar refractivity (Wildman–Crippen MR) is 56.6 cm³/mol. The highest BCUT2D eigenvalue weighted by Gasteiger charge is 2.28. The predicted octanol–water partition coefficient (Wildman–Crippen LogP) is 0.570. The quantitative estimate of drug-likeness (QED) is 0.736. The lowest BCUT2D eigenvalue weighted by Crippen LogP contribution is -2.54. The molecule has 2 heterocycles. The number of nitrogens with zero attached hydrogens (tertiary/aromatic N) is 1. The molecule has 4 nitrogen and oxygen atoms in total. The number of ketones is 1. The van der Waals surface area contributed by atoms with E-state index < -0.39 is 0 Å². The first kappa shape index (κ1) is 10.4. The van der Waals surface area contributed by atoms with Crippen LogP contribution in [-0.2, 0) is 0 Å². The van der Waals surface area contributed by atoms with Crippen molar-refractivity contribution in [1.82, 2.24) is 10.2 Å². The molecule has 0 spiro atoms. The molecule has 1 aliphatic rings. The minimum Gasteiger partial charge on any atom is -0.472 e. The SMILES string of the molecule is [CH2]CN1CCNCC1C(=O)c1ccoc1. The van der Waals surface area contributed by atoms with Gasteiger partial charge in [0.15, 0.2) is 5.78 Å². The fourth-order valence-electron chi connectivity index (χ4n) is 1.87. The fraction of sp³-hybridized carbons (Fsp3) is 0.455. The number of Topliss-reactive ketones (excluding diaryl/α,β-unsaturated/α-hetero) is 1. The number of rotatable bonds is 3. The lowest BCUT2D eigenvalue weighted by atomic mass is 10.0. The Balaban J connectivity index is 2.11. The Labute approximate surface area is 89.2 Å². The van der Waals surface area contributed by atoms with Crippen LogP contribution in [-0.4, -0.2) is 42.9 Å². The molecule has 4 heteroatoms. The van der Waals surface area contributed by atoms with Crippen LogP contribution in [0.25, 0.3) is 0 Å². The van der Waals surface area contributed by atoms with E-state index in [1.807, 2.05) is 0 Å². The average Bonchev–Trinajstić information content (AvgIpc) is 2.81. The zero-order valence-corrected chi connectivity index (χ0v) is 8.61. The molecule has 1 fully saturated rings. The number of carbonyl (C=O) groups excluding carboxylic acids is 1. The Morgan fingerprint density at radius 2 is 2.60 bits per heavy atom. The number of carbonyl (C=O) groups is 1. The summed E-state index contributed by atoms with van der Waals surface area (Å²) in [4.78, 5) is 14.1. The zero-order chi connectivity index (χ0) is 10.7. The smallest absolute Gasteiger partial charge is 0.184 e. The molecule has 0 bridgehead atoms. The molecular weight excluding hydrogens is 192 g/mol. The van der Waals surface area contributed by atoms with Gasteiger partial charge in [0.2, 0.25) is 0 Å². The minimum absolute atomic E-state index is 0.103. The van der Waals surface area contributed by atoms with Crippen LogP contribution in [0.4, 0.5) is 0 Å². The third kappa shape index (κ3) is 2.11. The van der Waals surface area contributed by atoms with Crippen molar-refractivity contribution in [3.63, 3.8) is 0 Å². The summed E-state index contributed by atoms with van der Waals surface area (Å²) in [7, 11) is 0. The van der Waals surface area contributed by atoms with E-state index in [9.17, 15) is 4.79 Å². The van der Waals surface area contributed by atoms with E-state index in [-0.39, 0.29) is 11.8 Å². The van der Waals surface area contributed by atoms with Gasteiger partial charge in [-0.1, -0.05) is 0 Å². The minimum atomic E-state index is -0.103. The van der Waals surface area contributed by atoms with Crippen LogP contribution in [0.5, 0.6) is 0 Å². The largest absolute Gasteiger partial charge is 0.472 e. The third-order valence-corrected chi connectivity index (χ3v) is 2.75. The lowest BCUT2D eigenvalue weighted by molar-refractivity contribution is 0.0794. The molecule has 1 radical (unpaired) electrons. The second kappa shape index (κ2) is 4.59. The van der Waals surface area contributed by atoms with Gasteiger partial charge in [-0.05, 0) is 19.5 Å². The van der Waals surface area contributed by atoms with Crippen LogP contribution < -0.4 is 5.32 Å². The van der Waals surface area contributed by atoms with Crippen LogP contribution >= 0.6 is 0 Å². The number of furan rings is 1. The number of piperazine rings is 1. The van der Waals surface area contributed by atoms with Crippen LogP contribution in [0.1, 0.15) is 10.4 Å².